The Labute approximate surface area is 86.6 Å². The normalized spacial score (nSPS) is 8.45. The van der Waals surface area contributed by atoms with Gasteiger partial charge in [-0.25, -0.2) is 0 Å². The van der Waals surface area contributed by atoms with Gasteiger partial charge in [0.15, 0.2) is 0 Å². The Balaban J connectivity index is 0.000000461. The van der Waals surface area contributed by atoms with Crippen LogP contribution in [0, 0.1) is 13.8 Å². The zero-order valence-electron chi connectivity index (χ0n) is 6.40. The van der Waals surface area contributed by atoms with Crippen molar-refractivity contribution in [3.05, 3.63) is 41.3 Å². The van der Waals surface area contributed by atoms with E-state index in [1.54, 1.807) is 0 Å². The van der Waals surface area contributed by atoms with Crippen molar-refractivity contribution in [2.24, 2.45) is 0 Å². The number of rotatable bonds is 0. The zero-order chi connectivity index (χ0) is 8.85. The van der Waals surface area contributed by atoms with Gasteiger partial charge >= 0.3 is 27.0 Å². The molecule has 0 fully saturated rings. The number of aryl methyl sites for hydroxylation is 1. The molecule has 0 aromatic heterocycles. The molecule has 0 nitrogen and oxygen atoms in total. The van der Waals surface area contributed by atoms with E-state index in [-0.39, 0.29) is 0 Å². The minimum absolute atomic E-state index is 0.778. The van der Waals surface area contributed by atoms with Crippen molar-refractivity contribution < 1.29 is 17.3 Å². The molecule has 0 aliphatic rings. The van der Waals surface area contributed by atoms with Gasteiger partial charge in [0.2, 0.25) is 0 Å². The molecule has 0 aliphatic carbocycles. The molecule has 0 saturated carbocycles. The van der Waals surface area contributed by atoms with Crippen molar-refractivity contribution in [3.63, 3.8) is 0 Å². The molecular weight excluding hydrogens is 232 g/mol. The fourth-order valence-electron chi connectivity index (χ4n) is 0.659. The Bertz CT molecular complexity index is 223. The van der Waals surface area contributed by atoms with Gasteiger partial charge in [0.25, 0.3) is 0 Å². The van der Waals surface area contributed by atoms with Crippen molar-refractivity contribution in [1.29, 1.82) is 0 Å². The predicted molar refractivity (Wildman–Crippen MR) is 46.5 cm³/mol. The third kappa shape index (κ3) is 4.01. The summed E-state index contributed by atoms with van der Waals surface area (Å²) < 4.78 is 0. The Morgan fingerprint density at radius 1 is 1.36 bits per heavy atom. The van der Waals surface area contributed by atoms with Crippen molar-refractivity contribution in [2.75, 3.05) is 0 Å². The maximum atomic E-state index is 5.69. The van der Waals surface area contributed by atoms with Gasteiger partial charge in [0, 0.05) is 5.02 Å². The Hall–Kier alpha value is 0.293. The van der Waals surface area contributed by atoms with E-state index < -0.39 is 0 Å². The van der Waals surface area contributed by atoms with Crippen LogP contribution in [-0.4, -0.2) is 0 Å². The second-order valence-corrected chi connectivity index (χ2v) is 2.51. The van der Waals surface area contributed by atoms with Gasteiger partial charge in [0.05, 0.1) is 0 Å². The van der Waals surface area contributed by atoms with Crippen LogP contribution in [0.15, 0.2) is 18.2 Å². The quantitative estimate of drug-likeness (QED) is 0.481. The summed E-state index contributed by atoms with van der Waals surface area (Å²) in [7, 11) is 4.76. The number of hydrogen-bond donors (Lipinski definition) is 0. The summed E-state index contributed by atoms with van der Waals surface area (Å²) in [5.41, 5.74) is 2.18. The van der Waals surface area contributed by atoms with E-state index in [2.05, 4.69) is 6.92 Å². The molecule has 11 heavy (non-hydrogen) atoms. The molecule has 0 heterocycles. The SMILES string of the molecule is [CH2-]c1ccc(Cl)cc1C.[Cl][Zn+]. The van der Waals surface area contributed by atoms with E-state index in [0.29, 0.717) is 0 Å². The second-order valence-electron chi connectivity index (χ2n) is 2.07. The number of benzene rings is 1. The molecule has 0 atom stereocenters. The van der Waals surface area contributed by atoms with Crippen molar-refractivity contribution >= 4 is 21.3 Å². The average molecular weight is 240 g/mol. The maximum absolute atomic E-state index is 5.69. The fourth-order valence-corrected chi connectivity index (χ4v) is 0.886. The predicted octanol–water partition coefficient (Wildman–Crippen LogP) is 3.52. The van der Waals surface area contributed by atoms with Crippen LogP contribution in [0.25, 0.3) is 0 Å². The molecule has 56 valence electrons. The molecule has 0 amide bonds. The molecule has 0 aliphatic heterocycles. The van der Waals surface area contributed by atoms with Gasteiger partial charge in [-0.2, -0.15) is 24.1 Å². The van der Waals surface area contributed by atoms with Crippen LogP contribution in [0.5, 0.6) is 0 Å². The first kappa shape index (κ1) is 11.3. The van der Waals surface area contributed by atoms with Gasteiger partial charge in [0.1, 0.15) is 0 Å². The van der Waals surface area contributed by atoms with E-state index in [1.165, 1.54) is 0 Å². The standard InChI is InChI=1S/C8H8Cl.ClH.Zn/c1-6-3-4-8(9)5-7(6)2;;/h3-5H,1H2,2H3;1H;/q-1;;+2/p-1. The van der Waals surface area contributed by atoms with Crippen LogP contribution >= 0.6 is 21.3 Å². The van der Waals surface area contributed by atoms with Gasteiger partial charge in [-0.05, 0) is 0 Å². The van der Waals surface area contributed by atoms with Gasteiger partial charge < -0.3 is 0 Å². The molecule has 1 rings (SSSR count). The zero-order valence-corrected chi connectivity index (χ0v) is 10.9. The van der Waals surface area contributed by atoms with Crippen molar-refractivity contribution in [1.82, 2.24) is 0 Å². The molecule has 0 N–H and O–H groups in total. The summed E-state index contributed by atoms with van der Waals surface area (Å²) in [6.45, 7) is 5.80. The van der Waals surface area contributed by atoms with Crippen LogP contribution < -0.4 is 0 Å². The first-order valence-electron chi connectivity index (χ1n) is 3.05. The summed E-state index contributed by atoms with van der Waals surface area (Å²) in [5.74, 6) is 0. The first-order valence-corrected chi connectivity index (χ1v) is 7.32. The molecule has 1 aromatic rings. The molecule has 0 unspecified atom stereocenters. The van der Waals surface area contributed by atoms with Crippen LogP contribution in [-0.2, 0) is 17.3 Å². The van der Waals surface area contributed by atoms with E-state index in [4.69, 9.17) is 21.3 Å². The summed E-state index contributed by atoms with van der Waals surface area (Å²) in [4.78, 5) is 0. The molecule has 3 heteroatoms. The van der Waals surface area contributed by atoms with Gasteiger partial charge in [-0.3, -0.25) is 0 Å². The summed E-state index contributed by atoms with van der Waals surface area (Å²) in [5, 5.41) is 0.778. The average Bonchev–Trinajstić information content (AvgIpc) is 2.02. The Morgan fingerprint density at radius 2 is 1.91 bits per heavy atom. The number of halogens is 2. The van der Waals surface area contributed by atoms with Crippen LogP contribution in [0.2, 0.25) is 5.02 Å². The number of hydrogen-bond acceptors (Lipinski definition) is 0. The molecule has 0 bridgehead atoms. The topological polar surface area (TPSA) is 0 Å². The Morgan fingerprint density at radius 3 is 2.27 bits per heavy atom. The third-order valence-corrected chi connectivity index (χ3v) is 1.54. The van der Waals surface area contributed by atoms with Crippen LogP contribution in [0.4, 0.5) is 0 Å². The van der Waals surface area contributed by atoms with Crippen LogP contribution in [0.1, 0.15) is 11.1 Å². The minimum atomic E-state index is 0.778. The summed E-state index contributed by atoms with van der Waals surface area (Å²) in [6.07, 6.45) is 0. The summed E-state index contributed by atoms with van der Waals surface area (Å²) in [6, 6.07) is 5.67. The van der Waals surface area contributed by atoms with Gasteiger partial charge in [-0.15, -0.1) is 0 Å². The monoisotopic (exact) mass is 238 g/mol. The molecule has 0 radical (unpaired) electrons. The van der Waals surface area contributed by atoms with Crippen molar-refractivity contribution in [3.8, 4) is 0 Å². The van der Waals surface area contributed by atoms with Crippen LogP contribution in [0.3, 0.4) is 0 Å². The molecule has 1 aromatic carbocycles. The first-order chi connectivity index (χ1) is 5.20. The van der Waals surface area contributed by atoms with E-state index in [9.17, 15) is 0 Å². The molecule has 0 spiro atoms. The second kappa shape index (κ2) is 5.88. The van der Waals surface area contributed by atoms with Crippen molar-refractivity contribution in [2.45, 2.75) is 6.92 Å². The Kier molecular flexibility index (Phi) is 6.04. The van der Waals surface area contributed by atoms with E-state index in [0.717, 1.165) is 33.5 Å². The van der Waals surface area contributed by atoms with Gasteiger partial charge in [-0.1, -0.05) is 30.7 Å². The van der Waals surface area contributed by atoms with E-state index >= 15 is 0 Å². The fraction of sp³-hybridized carbons (Fsp3) is 0.125. The summed E-state index contributed by atoms with van der Waals surface area (Å²) >= 11 is 6.54. The molecule has 0 saturated heterocycles. The molecular formula is C8H8Cl2Zn. The van der Waals surface area contributed by atoms with E-state index in [1.807, 2.05) is 25.1 Å². The third-order valence-electron chi connectivity index (χ3n) is 1.30.